The second kappa shape index (κ2) is 8.47. The van der Waals surface area contributed by atoms with Gasteiger partial charge in [0.1, 0.15) is 5.58 Å². The fraction of sp³-hybridized carbons (Fsp3) is 0.318. The lowest BCUT2D eigenvalue weighted by Gasteiger charge is -2.32. The van der Waals surface area contributed by atoms with Crippen molar-refractivity contribution in [3.05, 3.63) is 69.9 Å². The molecule has 0 radical (unpaired) electrons. The summed E-state index contributed by atoms with van der Waals surface area (Å²) in [5, 5.41) is 3.87. The van der Waals surface area contributed by atoms with Crippen LogP contribution in [0.15, 0.2) is 57.4 Å². The molecule has 1 fully saturated rings. The van der Waals surface area contributed by atoms with Crippen molar-refractivity contribution < 1.29 is 9.21 Å². The van der Waals surface area contributed by atoms with Crippen LogP contribution >= 0.6 is 15.9 Å². The number of nitrogens with zero attached hydrogens (tertiary/aromatic N) is 2. The van der Waals surface area contributed by atoms with Gasteiger partial charge >= 0.3 is 0 Å². The lowest BCUT2D eigenvalue weighted by molar-refractivity contribution is 0.0925. The van der Waals surface area contributed by atoms with Gasteiger partial charge in [0.15, 0.2) is 5.76 Å². The van der Waals surface area contributed by atoms with Gasteiger partial charge in [-0.3, -0.25) is 9.69 Å². The summed E-state index contributed by atoms with van der Waals surface area (Å²) in [6, 6.07) is 16.0. The van der Waals surface area contributed by atoms with Crippen molar-refractivity contribution in [1.29, 1.82) is 0 Å². The maximum atomic E-state index is 12.5. The molecule has 1 amide bonds. The van der Waals surface area contributed by atoms with Crippen LogP contribution in [0.1, 0.15) is 21.7 Å². The fourth-order valence-corrected chi connectivity index (χ4v) is 3.97. The normalized spacial score (nSPS) is 15.8. The molecule has 1 saturated heterocycles. The van der Waals surface area contributed by atoms with Crippen LogP contribution < -0.4 is 5.32 Å². The zero-order valence-corrected chi connectivity index (χ0v) is 17.5. The number of fused-ring (bicyclic) bond motifs is 1. The van der Waals surface area contributed by atoms with Crippen LogP contribution in [0.5, 0.6) is 0 Å². The molecule has 0 unspecified atom stereocenters. The van der Waals surface area contributed by atoms with E-state index in [1.807, 2.05) is 24.3 Å². The number of carbonyl (C=O) groups is 1. The van der Waals surface area contributed by atoms with Crippen LogP contribution in [-0.2, 0) is 13.1 Å². The number of nitrogens with one attached hydrogen (secondary N) is 1. The lowest BCUT2D eigenvalue weighted by atomic mass is 10.1. The molecule has 0 aliphatic carbocycles. The number of furan rings is 1. The topological polar surface area (TPSA) is 48.7 Å². The molecule has 28 heavy (non-hydrogen) atoms. The van der Waals surface area contributed by atoms with Crippen LogP contribution in [0.3, 0.4) is 0 Å². The van der Waals surface area contributed by atoms with Crippen molar-refractivity contribution in [1.82, 2.24) is 15.1 Å². The quantitative estimate of drug-likeness (QED) is 0.652. The number of carbonyl (C=O) groups excluding carboxylic acids is 1. The first-order valence-electron chi connectivity index (χ1n) is 9.53. The largest absolute Gasteiger partial charge is 0.450 e. The molecule has 1 aliphatic rings. The van der Waals surface area contributed by atoms with Gasteiger partial charge in [-0.2, -0.15) is 0 Å². The molecule has 3 aromatic rings. The van der Waals surface area contributed by atoms with E-state index in [0.717, 1.165) is 48.1 Å². The van der Waals surface area contributed by atoms with Gasteiger partial charge in [-0.05, 0) is 46.2 Å². The Morgan fingerprint density at radius 2 is 1.82 bits per heavy atom. The number of para-hydroxylation sites is 1. The molecule has 0 saturated carbocycles. The van der Waals surface area contributed by atoms with E-state index in [1.165, 1.54) is 5.56 Å². The summed E-state index contributed by atoms with van der Waals surface area (Å²) in [6.07, 6.45) is 0. The number of piperazine rings is 1. The first-order valence-corrected chi connectivity index (χ1v) is 10.3. The van der Waals surface area contributed by atoms with Gasteiger partial charge in [-0.25, -0.2) is 0 Å². The fourth-order valence-electron chi connectivity index (χ4n) is 3.51. The summed E-state index contributed by atoms with van der Waals surface area (Å²) in [5.41, 5.74) is 3.07. The van der Waals surface area contributed by atoms with Gasteiger partial charge in [0, 0.05) is 44.7 Å². The Kier molecular flexibility index (Phi) is 5.80. The first kappa shape index (κ1) is 19.2. The molecule has 0 spiro atoms. The zero-order chi connectivity index (χ0) is 19.5. The van der Waals surface area contributed by atoms with E-state index >= 15 is 0 Å². The van der Waals surface area contributed by atoms with E-state index in [9.17, 15) is 4.79 Å². The number of hydrogen-bond donors (Lipinski definition) is 1. The van der Waals surface area contributed by atoms with Gasteiger partial charge in [0.25, 0.3) is 5.91 Å². The molecule has 5 nitrogen and oxygen atoms in total. The van der Waals surface area contributed by atoms with Crippen LogP contribution in [-0.4, -0.2) is 48.9 Å². The van der Waals surface area contributed by atoms with Crippen LogP contribution in [0, 0.1) is 0 Å². The molecule has 2 heterocycles. The number of rotatable bonds is 5. The molecule has 4 rings (SSSR count). The van der Waals surface area contributed by atoms with Crippen molar-refractivity contribution in [2.45, 2.75) is 13.1 Å². The minimum Gasteiger partial charge on any atom is -0.450 e. The van der Waals surface area contributed by atoms with Gasteiger partial charge in [-0.15, -0.1) is 0 Å². The average molecular weight is 442 g/mol. The van der Waals surface area contributed by atoms with E-state index in [-0.39, 0.29) is 5.91 Å². The predicted octanol–water partition coefficient (Wildman–Crippen LogP) is 3.87. The third kappa shape index (κ3) is 4.46. The van der Waals surface area contributed by atoms with E-state index in [0.29, 0.717) is 17.9 Å². The van der Waals surface area contributed by atoms with E-state index in [2.05, 4.69) is 56.3 Å². The minimum atomic E-state index is -0.201. The molecule has 0 bridgehead atoms. The first-order chi connectivity index (χ1) is 13.6. The van der Waals surface area contributed by atoms with Crippen molar-refractivity contribution >= 4 is 32.8 Å². The number of hydrogen-bond acceptors (Lipinski definition) is 4. The molecule has 6 heteroatoms. The third-order valence-corrected chi connectivity index (χ3v) is 5.79. The molecule has 1 N–H and O–H groups in total. The van der Waals surface area contributed by atoms with Crippen molar-refractivity contribution in [3.63, 3.8) is 0 Å². The standard InChI is InChI=1S/C22H24BrN3O2/c1-25-8-10-26(11-9-25)15-17-5-2-4-16(12-17)14-24-22(27)20-13-18-6-3-7-19(23)21(18)28-20/h2-7,12-13H,8-11,14-15H2,1H3,(H,24,27). The Morgan fingerprint density at radius 1 is 1.07 bits per heavy atom. The summed E-state index contributed by atoms with van der Waals surface area (Å²) < 4.78 is 6.56. The Hall–Kier alpha value is -2.15. The molecule has 0 atom stereocenters. The highest BCUT2D eigenvalue weighted by Gasteiger charge is 2.15. The van der Waals surface area contributed by atoms with Crippen LogP contribution in [0.25, 0.3) is 11.0 Å². The summed E-state index contributed by atoms with van der Waals surface area (Å²) in [7, 11) is 2.17. The number of halogens is 1. The second-order valence-corrected chi connectivity index (χ2v) is 8.21. The zero-order valence-electron chi connectivity index (χ0n) is 16.0. The summed E-state index contributed by atoms with van der Waals surface area (Å²) in [5.74, 6) is 0.128. The Labute approximate surface area is 173 Å². The SMILES string of the molecule is CN1CCN(Cc2cccc(CNC(=O)c3cc4cccc(Br)c4o3)c2)CC1. The number of likely N-dealkylation sites (N-methyl/N-ethyl adjacent to an activating group) is 1. The van der Waals surface area contributed by atoms with Crippen molar-refractivity contribution in [2.24, 2.45) is 0 Å². The monoisotopic (exact) mass is 441 g/mol. The Morgan fingerprint density at radius 3 is 2.61 bits per heavy atom. The summed E-state index contributed by atoms with van der Waals surface area (Å²) in [4.78, 5) is 17.3. The molecular weight excluding hydrogens is 418 g/mol. The Balaban J connectivity index is 1.37. The summed E-state index contributed by atoms with van der Waals surface area (Å²) >= 11 is 3.45. The molecule has 2 aromatic carbocycles. The maximum absolute atomic E-state index is 12.5. The van der Waals surface area contributed by atoms with Gasteiger partial charge in [0.05, 0.1) is 4.47 Å². The highest BCUT2D eigenvalue weighted by atomic mass is 79.9. The highest BCUT2D eigenvalue weighted by molar-refractivity contribution is 9.10. The smallest absolute Gasteiger partial charge is 0.287 e. The van der Waals surface area contributed by atoms with Crippen LogP contribution in [0.4, 0.5) is 0 Å². The van der Waals surface area contributed by atoms with Gasteiger partial charge < -0.3 is 14.6 Å². The van der Waals surface area contributed by atoms with E-state index in [1.54, 1.807) is 6.07 Å². The Bertz CT molecular complexity index is 977. The maximum Gasteiger partial charge on any atom is 0.287 e. The summed E-state index contributed by atoms with van der Waals surface area (Å²) in [6.45, 7) is 5.85. The third-order valence-electron chi connectivity index (χ3n) is 5.17. The predicted molar refractivity (Wildman–Crippen MR) is 114 cm³/mol. The highest BCUT2D eigenvalue weighted by Crippen LogP contribution is 2.26. The molecule has 1 aliphatic heterocycles. The van der Waals surface area contributed by atoms with Gasteiger partial charge in [-0.1, -0.05) is 36.4 Å². The van der Waals surface area contributed by atoms with E-state index < -0.39 is 0 Å². The van der Waals surface area contributed by atoms with Crippen molar-refractivity contribution in [3.8, 4) is 0 Å². The average Bonchev–Trinajstić information content (AvgIpc) is 3.14. The van der Waals surface area contributed by atoms with E-state index in [4.69, 9.17) is 4.42 Å². The molecule has 1 aromatic heterocycles. The van der Waals surface area contributed by atoms with Gasteiger partial charge in [0.2, 0.25) is 0 Å². The second-order valence-electron chi connectivity index (χ2n) is 7.35. The number of benzene rings is 2. The van der Waals surface area contributed by atoms with Crippen LogP contribution in [0.2, 0.25) is 0 Å². The lowest BCUT2D eigenvalue weighted by Crippen LogP contribution is -2.43. The number of amides is 1. The minimum absolute atomic E-state index is 0.201. The molecular formula is C22H24BrN3O2. The van der Waals surface area contributed by atoms with Crippen molar-refractivity contribution in [2.75, 3.05) is 33.2 Å². The molecule has 146 valence electrons.